The Morgan fingerprint density at radius 1 is 0.738 bits per heavy atom. The molecule has 12 nitrogen and oxygen atoms in total. The number of benzene rings is 2. The van der Waals surface area contributed by atoms with E-state index in [0.717, 1.165) is 27.9 Å². The van der Waals surface area contributed by atoms with Crippen molar-refractivity contribution in [3.63, 3.8) is 0 Å². The van der Waals surface area contributed by atoms with E-state index in [1.54, 1.807) is 61.0 Å². The fourth-order valence-corrected chi connectivity index (χ4v) is 4.84. The third-order valence-electron chi connectivity index (χ3n) is 7.60. The second-order valence-corrected chi connectivity index (χ2v) is 14.4. The Hall–Kier alpha value is -4.63. The molecule has 3 aromatic heterocycles. The van der Waals surface area contributed by atoms with Crippen molar-refractivity contribution in [1.82, 2.24) is 29.2 Å². The zero-order chi connectivity index (χ0) is 47.7. The molecule has 2 aromatic carbocycles. The van der Waals surface area contributed by atoms with Crippen LogP contribution in [0.15, 0.2) is 73.2 Å². The average Bonchev–Trinajstić information content (AvgIpc) is 3.86. The first-order valence-corrected chi connectivity index (χ1v) is 19.3. The van der Waals surface area contributed by atoms with E-state index in [2.05, 4.69) is 48.5 Å². The molecule has 22 heteroatoms. The van der Waals surface area contributed by atoms with Gasteiger partial charge in [-0.2, -0.15) is 42.0 Å². The van der Waals surface area contributed by atoms with Gasteiger partial charge in [0.25, 0.3) is 0 Å². The van der Waals surface area contributed by atoms with Crippen molar-refractivity contribution >= 4 is 0 Å². The number of nitrogens with zero attached hydrogens (tertiary/aromatic N) is 12. The summed E-state index contributed by atoms with van der Waals surface area (Å²) in [6.07, 6.45) is -2.96. The second-order valence-electron chi connectivity index (χ2n) is 14.4. The maximum atomic E-state index is 13.6. The summed E-state index contributed by atoms with van der Waals surface area (Å²) < 4.78 is 104. The molecule has 5 rings (SSSR count). The van der Waals surface area contributed by atoms with Gasteiger partial charge in [-0.25, -0.2) is 0 Å². The van der Waals surface area contributed by atoms with Crippen LogP contribution >= 0.6 is 0 Å². The van der Waals surface area contributed by atoms with Crippen LogP contribution in [0.5, 0.6) is 0 Å². The van der Waals surface area contributed by atoms with Gasteiger partial charge in [0.2, 0.25) is 0 Å². The van der Waals surface area contributed by atoms with Crippen LogP contribution in [0.3, 0.4) is 0 Å². The third kappa shape index (κ3) is 20.6. The quantitative estimate of drug-likeness (QED) is 0.0524. The summed E-state index contributed by atoms with van der Waals surface area (Å²) in [7, 11) is 1.53. The molecule has 0 aliphatic carbocycles. The van der Waals surface area contributed by atoms with E-state index in [1.165, 1.54) is 24.7 Å². The largest absolute Gasteiger partial charge is 3.00 e. The van der Waals surface area contributed by atoms with Crippen molar-refractivity contribution in [3.05, 3.63) is 135 Å². The molecular weight excluding hydrogens is 1220 g/mol. The number of alkyl halides is 6. The molecule has 0 atom stereocenters. The van der Waals surface area contributed by atoms with Crippen LogP contribution in [0.25, 0.3) is 43.9 Å². The van der Waals surface area contributed by atoms with Crippen LogP contribution in [-0.2, 0) is 59.6 Å². The summed E-state index contributed by atoms with van der Waals surface area (Å²) >= 11 is 0. The average molecular weight is 1270 g/mol. The topological polar surface area (TPSA) is 156 Å². The molecule has 0 saturated heterocycles. The number of pyridine rings is 1. The number of nitriles is 2. The fraction of sp³-hybridized carbons (Fsp3) is 0.419. The Morgan fingerprint density at radius 2 is 1.28 bits per heavy atom. The van der Waals surface area contributed by atoms with Gasteiger partial charge in [0.05, 0.1) is 5.82 Å². The van der Waals surface area contributed by atoms with E-state index in [1.807, 2.05) is 55.4 Å². The van der Waals surface area contributed by atoms with Crippen molar-refractivity contribution in [2.75, 3.05) is 0 Å². The summed E-state index contributed by atoms with van der Waals surface area (Å²) in [5, 5.41) is 37.6. The molecule has 0 bridgehead atoms. The van der Waals surface area contributed by atoms with E-state index in [9.17, 15) is 35.1 Å². The fourth-order valence-electron chi connectivity index (χ4n) is 4.84. The number of halogens is 8. The maximum Gasteiger partial charge on any atom is 3.00 e. The van der Waals surface area contributed by atoms with Gasteiger partial charge in [0, 0.05) is 37.3 Å². The first kappa shape index (κ1) is 60.4. The summed E-state index contributed by atoms with van der Waals surface area (Å²) in [5.41, 5.74) is -0.616. The van der Waals surface area contributed by atoms with Crippen molar-refractivity contribution < 1.29 is 75.3 Å². The number of imidazole rings is 1. The molecule has 3 heterocycles. The van der Waals surface area contributed by atoms with Gasteiger partial charge in [-0.05, 0) is 17.8 Å². The summed E-state index contributed by atoms with van der Waals surface area (Å²) in [4.78, 5) is 8.43. The van der Waals surface area contributed by atoms with Crippen molar-refractivity contribution in [2.45, 2.75) is 111 Å². The second kappa shape index (κ2) is 28.4. The Balaban J connectivity index is 0.000000835. The predicted molar refractivity (Wildman–Crippen MR) is 223 cm³/mol. The smallest absolute Gasteiger partial charge is 0.657 e. The van der Waals surface area contributed by atoms with Crippen LogP contribution in [0.4, 0.5) is 35.1 Å². The van der Waals surface area contributed by atoms with E-state index in [-0.39, 0.29) is 81.3 Å². The number of rotatable bonds is 12. The Kier molecular flexibility index (Phi) is 26.4. The number of hydrogen-bond acceptors (Lipinski definition) is 6. The molecule has 0 unspecified atom stereocenters. The molecule has 354 valence electrons. The first-order valence-electron chi connectivity index (χ1n) is 19.3. The monoisotopic (exact) mass is 1270 g/mol. The molecule has 0 fully saturated rings. The van der Waals surface area contributed by atoms with Crippen molar-refractivity contribution in [1.29, 1.82) is 10.5 Å². The van der Waals surface area contributed by atoms with Crippen molar-refractivity contribution in [3.8, 4) is 35.0 Å². The standard InChI is InChI=1S/C12H8F2N.C11H17F3N4.C11H8F3N2.C9H15N5.2Ir/c1-8-10(13)6-5-9(12(8)14)11-4-2-3-7-15-11;1-7(2)15-10(16-8(3)4)18-6-5-9(17-18)11(12,13)14;1-16-7-9(11(12,13)14)15-10(16)8-5-3-2-4-6-8;1-7(2)12-9(13-8(3)4)14(5-10)6-11;;/h2-4,6-7H,1H3;5-8,10H,1-4H3;2-5,7H,1H3;7-9H,1-4H3;;/q-1;-2;-1;-2;2*+3. The predicted octanol–water partition coefficient (Wildman–Crippen LogP) is 12.1. The normalized spacial score (nSPS) is 11.1. The van der Waals surface area contributed by atoms with E-state index < -0.39 is 48.0 Å². The zero-order valence-electron chi connectivity index (χ0n) is 36.9. The van der Waals surface area contributed by atoms with Crippen LogP contribution in [-0.4, -0.2) is 59.7 Å². The van der Waals surface area contributed by atoms with Gasteiger partial charge in [0.1, 0.15) is 0 Å². The minimum absolute atomic E-state index is 0. The summed E-state index contributed by atoms with van der Waals surface area (Å²) in [6.45, 7) is 16.3. The Bertz CT molecular complexity index is 2170. The molecule has 5 aromatic rings. The van der Waals surface area contributed by atoms with Gasteiger partial charge in [-0.15, -0.1) is 84.8 Å². The third-order valence-corrected chi connectivity index (χ3v) is 7.60. The minimum Gasteiger partial charge on any atom is -0.657 e. The van der Waals surface area contributed by atoms with Gasteiger partial charge in [-0.1, -0.05) is 85.6 Å². The molecule has 0 aliphatic rings. The van der Waals surface area contributed by atoms with Crippen LogP contribution in [0.2, 0.25) is 0 Å². The van der Waals surface area contributed by atoms with Gasteiger partial charge < -0.3 is 35.5 Å². The van der Waals surface area contributed by atoms with Crippen molar-refractivity contribution in [2.24, 2.45) is 7.05 Å². The van der Waals surface area contributed by atoms with Crippen LogP contribution in [0, 0.1) is 53.6 Å². The SMILES string of the molecule is CC(C)[N-]C([N-]C(C)C)N(C#N)C#N.CC(C)[N-]C([N-]C(C)C)n1ccc(C(F)(F)F)n1.Cc1c(F)c[c-]c(-c2ccccn2)c1F.Cn1cc(C(F)(F)F)nc1-c1[c-]cccc1.[Ir+3].[Ir+3]. The first-order chi connectivity index (χ1) is 29.4. The van der Waals surface area contributed by atoms with Gasteiger partial charge >= 0.3 is 52.6 Å². The maximum absolute atomic E-state index is 13.6. The molecule has 0 spiro atoms. The molecule has 0 radical (unpaired) electrons. The number of aromatic nitrogens is 5. The van der Waals surface area contributed by atoms with Crippen LogP contribution < -0.4 is 0 Å². The summed E-state index contributed by atoms with van der Waals surface area (Å²) in [6, 6.07) is 19.4. The molecule has 65 heavy (non-hydrogen) atoms. The zero-order valence-corrected chi connectivity index (χ0v) is 41.7. The summed E-state index contributed by atoms with van der Waals surface area (Å²) in [5.74, 6) is -0.936. The molecule has 0 amide bonds. The molecule has 0 aliphatic heterocycles. The molecule has 0 N–H and O–H groups in total. The molecule has 0 saturated carbocycles. The molecular formula is C43H48F8Ir2N12. The van der Waals surface area contributed by atoms with Crippen LogP contribution in [0.1, 0.15) is 78.6 Å². The van der Waals surface area contributed by atoms with Gasteiger partial charge in [-0.3, -0.25) is 18.7 Å². The minimum atomic E-state index is -4.44. The van der Waals surface area contributed by atoms with Gasteiger partial charge in [0.15, 0.2) is 23.8 Å². The Labute approximate surface area is 401 Å². The van der Waals surface area contributed by atoms with E-state index in [0.29, 0.717) is 11.3 Å². The number of hydrogen-bond donors (Lipinski definition) is 0. The number of aryl methyl sites for hydroxylation is 1. The van der Waals surface area contributed by atoms with E-state index >= 15 is 0 Å². The Morgan fingerprint density at radius 3 is 1.69 bits per heavy atom. The van der Waals surface area contributed by atoms with E-state index in [4.69, 9.17) is 10.5 Å².